The molecular weight excluding hydrogens is 434 g/mol. The van der Waals surface area contributed by atoms with Crippen LogP contribution in [0.2, 0.25) is 0 Å². The van der Waals surface area contributed by atoms with E-state index >= 15 is 0 Å². The van der Waals surface area contributed by atoms with Crippen molar-refractivity contribution in [3.63, 3.8) is 0 Å². The molecule has 1 aromatic heterocycles. The van der Waals surface area contributed by atoms with Crippen LogP contribution in [0.25, 0.3) is 0 Å². The van der Waals surface area contributed by atoms with Crippen molar-refractivity contribution in [2.45, 2.75) is 18.5 Å². The summed E-state index contributed by atoms with van der Waals surface area (Å²) in [6, 6.07) is 22.5. The molecule has 9 heteroatoms. The van der Waals surface area contributed by atoms with Crippen LogP contribution in [0.3, 0.4) is 0 Å². The van der Waals surface area contributed by atoms with Crippen LogP contribution in [-0.2, 0) is 0 Å². The molecule has 1 amide bonds. The maximum atomic E-state index is 13.7. The lowest BCUT2D eigenvalue weighted by molar-refractivity contribution is -0.384. The number of methoxy groups -OCH3 is 1. The predicted octanol–water partition coefficient (Wildman–Crippen LogP) is 4.58. The van der Waals surface area contributed by atoms with Crippen molar-refractivity contribution in [3.8, 4) is 5.75 Å². The van der Waals surface area contributed by atoms with Gasteiger partial charge in [0.1, 0.15) is 12.1 Å². The monoisotopic (exact) mass is 455 g/mol. The fourth-order valence-electron chi connectivity index (χ4n) is 4.45. The molecule has 0 radical (unpaired) electrons. The molecule has 9 nitrogen and oxygen atoms in total. The van der Waals surface area contributed by atoms with E-state index in [1.165, 1.54) is 30.6 Å². The number of ether oxygens (including phenoxy) is 1. The maximum absolute atomic E-state index is 13.7. The fourth-order valence-corrected chi connectivity index (χ4v) is 4.45. The average molecular weight is 455 g/mol. The summed E-state index contributed by atoms with van der Waals surface area (Å²) in [7, 11) is 1.63. The number of nitro groups is 1. The highest BCUT2D eigenvalue weighted by Gasteiger charge is 2.40. The molecule has 34 heavy (non-hydrogen) atoms. The molecule has 0 aliphatic carbocycles. The number of fused-ring (bicyclic) bond motifs is 1. The van der Waals surface area contributed by atoms with E-state index in [0.29, 0.717) is 17.9 Å². The number of hydrogen-bond donors (Lipinski definition) is 0. The maximum Gasteiger partial charge on any atom is 0.269 e. The number of amides is 1. The van der Waals surface area contributed by atoms with Gasteiger partial charge >= 0.3 is 0 Å². The summed E-state index contributed by atoms with van der Waals surface area (Å²) >= 11 is 0. The summed E-state index contributed by atoms with van der Waals surface area (Å²) in [5, 5.41) is 15.5. The number of aromatic nitrogens is 3. The normalized spacial score (nSPS) is 17.1. The lowest BCUT2D eigenvalue weighted by Gasteiger charge is -2.39. The lowest BCUT2D eigenvalue weighted by atomic mass is 9.91. The molecule has 0 N–H and O–H groups in total. The third-order valence-corrected chi connectivity index (χ3v) is 6.05. The van der Waals surface area contributed by atoms with Gasteiger partial charge in [0.05, 0.1) is 24.1 Å². The Hall–Kier alpha value is -4.53. The Morgan fingerprint density at radius 1 is 1.00 bits per heavy atom. The van der Waals surface area contributed by atoms with Gasteiger partial charge in [0, 0.05) is 23.3 Å². The van der Waals surface area contributed by atoms with Gasteiger partial charge in [0.15, 0.2) is 0 Å². The summed E-state index contributed by atoms with van der Waals surface area (Å²) < 4.78 is 7.34. The molecule has 1 aliphatic rings. The Bertz CT molecular complexity index is 1340. The first kappa shape index (κ1) is 21.3. The molecular formula is C25H21N5O4. The van der Waals surface area contributed by atoms with Crippen molar-refractivity contribution >= 4 is 17.5 Å². The standard InChI is InChI=1S/C25H21N5O4/c1-34-23-10-6-5-9-20(23)22-15-21(17-7-3-2-4-8-17)28(25-26-16-27-29(22)25)24(31)18-11-13-19(14-12-18)30(32)33/h2-14,16,21-22H,15H2,1H3/t21-,22+/m0/s1. The summed E-state index contributed by atoms with van der Waals surface area (Å²) in [4.78, 5) is 30.4. The lowest BCUT2D eigenvalue weighted by Crippen LogP contribution is -2.42. The number of nitrogens with zero attached hydrogens (tertiary/aromatic N) is 5. The highest BCUT2D eigenvalue weighted by molar-refractivity contribution is 6.06. The first-order valence-corrected chi connectivity index (χ1v) is 10.7. The van der Waals surface area contributed by atoms with Gasteiger partial charge < -0.3 is 4.74 Å². The second-order valence-corrected chi connectivity index (χ2v) is 7.90. The highest BCUT2D eigenvalue weighted by Crippen LogP contribution is 2.44. The third-order valence-electron chi connectivity index (χ3n) is 6.05. The predicted molar refractivity (Wildman–Crippen MR) is 125 cm³/mol. The van der Waals surface area contributed by atoms with E-state index in [4.69, 9.17) is 4.74 Å². The molecule has 3 aromatic carbocycles. The number of hydrogen-bond acceptors (Lipinski definition) is 6. The number of nitro benzene ring substituents is 1. The van der Waals surface area contributed by atoms with Gasteiger partial charge in [-0.1, -0.05) is 48.5 Å². The Morgan fingerprint density at radius 2 is 1.71 bits per heavy atom. The van der Waals surface area contributed by atoms with E-state index in [1.54, 1.807) is 16.7 Å². The van der Waals surface area contributed by atoms with E-state index < -0.39 is 4.92 Å². The number of rotatable bonds is 5. The van der Waals surface area contributed by atoms with Crippen molar-refractivity contribution < 1.29 is 14.5 Å². The Morgan fingerprint density at radius 3 is 2.41 bits per heavy atom. The minimum atomic E-state index is -0.490. The number of benzene rings is 3. The van der Waals surface area contributed by atoms with Crippen molar-refractivity contribution in [1.82, 2.24) is 14.8 Å². The van der Waals surface area contributed by atoms with Crippen LogP contribution in [0.4, 0.5) is 11.6 Å². The van der Waals surface area contributed by atoms with Crippen LogP contribution < -0.4 is 9.64 Å². The Labute approximate surface area is 195 Å². The Kier molecular flexibility index (Phi) is 5.51. The average Bonchev–Trinajstić information content (AvgIpc) is 3.38. The van der Waals surface area contributed by atoms with Gasteiger partial charge in [-0.15, -0.1) is 0 Å². The molecule has 5 rings (SSSR count). The first-order chi connectivity index (χ1) is 16.6. The molecule has 2 heterocycles. The molecule has 0 bridgehead atoms. The van der Waals surface area contributed by atoms with Crippen LogP contribution in [0.5, 0.6) is 5.75 Å². The number of carbonyl (C=O) groups excluding carboxylic acids is 1. The van der Waals surface area contributed by atoms with Gasteiger partial charge in [0.25, 0.3) is 11.6 Å². The second kappa shape index (κ2) is 8.78. The quantitative estimate of drug-likeness (QED) is 0.322. The van der Waals surface area contributed by atoms with Crippen LogP contribution in [0.15, 0.2) is 85.2 Å². The molecule has 1 aliphatic heterocycles. The number of anilines is 1. The summed E-state index contributed by atoms with van der Waals surface area (Å²) in [6.45, 7) is 0. The smallest absolute Gasteiger partial charge is 0.269 e. The van der Waals surface area contributed by atoms with E-state index in [2.05, 4.69) is 10.1 Å². The second-order valence-electron chi connectivity index (χ2n) is 7.90. The molecule has 0 unspecified atom stereocenters. The zero-order valence-electron chi connectivity index (χ0n) is 18.3. The SMILES string of the molecule is COc1ccccc1[C@H]1C[C@@H](c2ccccc2)N(C(=O)c2ccc([N+](=O)[O-])cc2)c2ncnn21. The zero-order chi connectivity index (χ0) is 23.7. The molecule has 0 spiro atoms. The molecule has 170 valence electrons. The van der Waals surface area contributed by atoms with Crippen LogP contribution in [0.1, 0.15) is 40.0 Å². The van der Waals surface area contributed by atoms with E-state index in [0.717, 1.165) is 16.9 Å². The fraction of sp³-hybridized carbons (Fsp3) is 0.160. The van der Waals surface area contributed by atoms with Crippen molar-refractivity contribution in [2.24, 2.45) is 0 Å². The van der Waals surface area contributed by atoms with Crippen molar-refractivity contribution in [2.75, 3.05) is 12.0 Å². The molecule has 0 saturated carbocycles. The van der Waals surface area contributed by atoms with Crippen LogP contribution in [-0.4, -0.2) is 32.7 Å². The summed E-state index contributed by atoms with van der Waals surface area (Å²) in [5.41, 5.74) is 2.15. The van der Waals surface area contributed by atoms with E-state index in [-0.39, 0.29) is 23.7 Å². The van der Waals surface area contributed by atoms with Gasteiger partial charge in [-0.05, 0) is 30.2 Å². The third kappa shape index (κ3) is 3.66. The number of para-hydroxylation sites is 1. The van der Waals surface area contributed by atoms with E-state index in [1.807, 2.05) is 54.6 Å². The summed E-state index contributed by atoms with van der Waals surface area (Å²) in [5.74, 6) is 0.826. The van der Waals surface area contributed by atoms with E-state index in [9.17, 15) is 14.9 Å². The Balaban J connectivity index is 1.63. The van der Waals surface area contributed by atoms with Crippen molar-refractivity contribution in [3.05, 3.63) is 112 Å². The van der Waals surface area contributed by atoms with Gasteiger partial charge in [0.2, 0.25) is 5.95 Å². The largest absolute Gasteiger partial charge is 0.496 e. The molecule has 4 aromatic rings. The summed E-state index contributed by atoms with van der Waals surface area (Å²) in [6.07, 6.45) is 1.97. The topological polar surface area (TPSA) is 103 Å². The first-order valence-electron chi connectivity index (χ1n) is 10.7. The van der Waals surface area contributed by atoms with Gasteiger partial charge in [-0.3, -0.25) is 19.8 Å². The van der Waals surface area contributed by atoms with Crippen LogP contribution >= 0.6 is 0 Å². The zero-order valence-corrected chi connectivity index (χ0v) is 18.3. The molecule has 0 saturated heterocycles. The van der Waals surface area contributed by atoms with Crippen molar-refractivity contribution in [1.29, 1.82) is 0 Å². The van der Waals surface area contributed by atoms with Gasteiger partial charge in [-0.2, -0.15) is 10.1 Å². The minimum Gasteiger partial charge on any atom is -0.496 e. The molecule has 0 fully saturated rings. The van der Waals surface area contributed by atoms with Gasteiger partial charge in [-0.25, -0.2) is 4.68 Å². The minimum absolute atomic E-state index is 0.0748. The number of carbonyl (C=O) groups is 1. The molecule has 2 atom stereocenters. The highest BCUT2D eigenvalue weighted by atomic mass is 16.6. The van der Waals surface area contributed by atoms with Crippen LogP contribution in [0, 0.1) is 10.1 Å². The number of non-ortho nitro benzene ring substituents is 1.